The van der Waals surface area contributed by atoms with Gasteiger partial charge in [0.25, 0.3) is 0 Å². The second kappa shape index (κ2) is 10.2. The molecule has 0 heteroatoms. The molecule has 0 atom stereocenters. The predicted octanol–water partition coefficient (Wildman–Crippen LogP) is 7.64. The molecule has 2 aromatic rings. The Kier molecular flexibility index (Phi) is 7.64. The van der Waals surface area contributed by atoms with Crippen LogP contribution in [-0.4, -0.2) is 0 Å². The number of hydrogen-bond donors (Lipinski definition) is 0. The molecular weight excluding hydrogens is 312 g/mol. The SMILES string of the molecule is C=C(C=CC=C(C(=C)c1ccccc1)c1ccccc1)CCC=C(C)C. The van der Waals surface area contributed by atoms with Gasteiger partial charge in [-0.1, -0.05) is 109 Å². The summed E-state index contributed by atoms with van der Waals surface area (Å²) in [5.41, 5.74) is 6.95. The largest absolute Gasteiger partial charge is 0.0958 e. The van der Waals surface area contributed by atoms with E-state index in [1.165, 1.54) is 11.1 Å². The van der Waals surface area contributed by atoms with Crippen LogP contribution in [0.1, 0.15) is 37.8 Å². The van der Waals surface area contributed by atoms with Crippen LogP contribution in [0.15, 0.2) is 109 Å². The molecule has 0 N–H and O–H groups in total. The van der Waals surface area contributed by atoms with Crippen molar-refractivity contribution in [3.05, 3.63) is 120 Å². The molecule has 0 radical (unpaired) electrons. The van der Waals surface area contributed by atoms with Gasteiger partial charge in [-0.05, 0) is 49.0 Å². The van der Waals surface area contributed by atoms with Gasteiger partial charge in [0.1, 0.15) is 0 Å². The average Bonchev–Trinajstić information content (AvgIpc) is 2.66. The lowest BCUT2D eigenvalue weighted by Crippen LogP contribution is -1.89. The second-order valence-corrected chi connectivity index (χ2v) is 6.63. The van der Waals surface area contributed by atoms with E-state index in [0.29, 0.717) is 0 Å². The van der Waals surface area contributed by atoms with Crippen molar-refractivity contribution in [1.29, 1.82) is 0 Å². The highest BCUT2D eigenvalue weighted by Gasteiger charge is 2.07. The second-order valence-electron chi connectivity index (χ2n) is 6.63. The Morgan fingerprint density at radius 2 is 1.42 bits per heavy atom. The molecule has 0 aliphatic rings. The van der Waals surface area contributed by atoms with Gasteiger partial charge in [-0.15, -0.1) is 0 Å². The van der Waals surface area contributed by atoms with E-state index in [9.17, 15) is 0 Å². The van der Waals surface area contributed by atoms with Crippen LogP contribution in [0.3, 0.4) is 0 Å². The average molecular weight is 341 g/mol. The smallest absolute Gasteiger partial charge is 0.0111 e. The van der Waals surface area contributed by atoms with Gasteiger partial charge in [-0.3, -0.25) is 0 Å². The zero-order valence-electron chi connectivity index (χ0n) is 15.9. The minimum Gasteiger partial charge on any atom is -0.0958 e. The van der Waals surface area contributed by atoms with Gasteiger partial charge in [0.15, 0.2) is 0 Å². The molecule has 132 valence electrons. The first kappa shape index (κ1) is 19.5. The fraction of sp³-hybridized carbons (Fsp3) is 0.154. The molecule has 0 saturated heterocycles. The van der Waals surface area contributed by atoms with Gasteiger partial charge in [0.2, 0.25) is 0 Å². The summed E-state index contributed by atoms with van der Waals surface area (Å²) < 4.78 is 0. The van der Waals surface area contributed by atoms with E-state index in [0.717, 1.165) is 35.1 Å². The summed E-state index contributed by atoms with van der Waals surface area (Å²) in [6, 6.07) is 20.7. The minimum atomic E-state index is 0.982. The van der Waals surface area contributed by atoms with Crippen LogP contribution in [0.25, 0.3) is 11.1 Å². The van der Waals surface area contributed by atoms with Crippen LogP contribution >= 0.6 is 0 Å². The van der Waals surface area contributed by atoms with E-state index < -0.39 is 0 Å². The molecule has 0 unspecified atom stereocenters. The molecule has 2 rings (SSSR count). The van der Waals surface area contributed by atoms with Gasteiger partial charge >= 0.3 is 0 Å². The van der Waals surface area contributed by atoms with E-state index in [1.54, 1.807) is 0 Å². The molecule has 0 bridgehead atoms. The zero-order valence-corrected chi connectivity index (χ0v) is 15.9. The number of allylic oxidation sites excluding steroid dienone is 8. The lowest BCUT2D eigenvalue weighted by Gasteiger charge is -2.11. The van der Waals surface area contributed by atoms with Crippen molar-refractivity contribution in [2.24, 2.45) is 0 Å². The normalized spacial score (nSPS) is 11.4. The number of hydrogen-bond acceptors (Lipinski definition) is 0. The van der Waals surface area contributed by atoms with E-state index in [1.807, 2.05) is 24.3 Å². The van der Waals surface area contributed by atoms with Gasteiger partial charge in [0.05, 0.1) is 0 Å². The van der Waals surface area contributed by atoms with Gasteiger partial charge in [-0.25, -0.2) is 0 Å². The highest BCUT2D eigenvalue weighted by molar-refractivity contribution is 6.04. The summed E-state index contributed by atoms with van der Waals surface area (Å²) in [5.74, 6) is 0. The van der Waals surface area contributed by atoms with E-state index in [-0.39, 0.29) is 0 Å². The van der Waals surface area contributed by atoms with Crippen LogP contribution in [0, 0.1) is 0 Å². The quantitative estimate of drug-likeness (QED) is 0.342. The third-order valence-corrected chi connectivity index (χ3v) is 4.15. The van der Waals surface area contributed by atoms with Crippen molar-refractivity contribution >= 4 is 11.1 Å². The van der Waals surface area contributed by atoms with Crippen molar-refractivity contribution in [1.82, 2.24) is 0 Å². The van der Waals surface area contributed by atoms with Crippen LogP contribution in [-0.2, 0) is 0 Å². The van der Waals surface area contributed by atoms with Crippen molar-refractivity contribution in [2.75, 3.05) is 0 Å². The Hall–Kier alpha value is -2.86. The molecular formula is C26H28. The maximum absolute atomic E-state index is 4.34. The molecule has 0 saturated carbocycles. The lowest BCUT2D eigenvalue weighted by molar-refractivity contribution is 0.998. The summed E-state index contributed by atoms with van der Waals surface area (Å²) in [6.45, 7) is 12.7. The first-order chi connectivity index (χ1) is 12.6. The summed E-state index contributed by atoms with van der Waals surface area (Å²) >= 11 is 0. The highest BCUT2D eigenvalue weighted by atomic mass is 14.1. The van der Waals surface area contributed by atoms with E-state index in [2.05, 4.69) is 87.7 Å². The molecule has 0 spiro atoms. The van der Waals surface area contributed by atoms with Crippen molar-refractivity contribution < 1.29 is 0 Å². The number of rotatable bonds is 8. The van der Waals surface area contributed by atoms with E-state index >= 15 is 0 Å². The topological polar surface area (TPSA) is 0 Å². The standard InChI is InChI=1S/C26H28/c1-21(2)13-11-14-22(3)15-12-20-26(25-18-9-6-10-19-25)23(4)24-16-7-5-8-17-24/h5-10,12-13,15-20H,3-4,11,14H2,1-2H3. The Morgan fingerprint density at radius 3 is 2.00 bits per heavy atom. The maximum atomic E-state index is 4.34. The lowest BCUT2D eigenvalue weighted by atomic mass is 9.93. The van der Waals surface area contributed by atoms with E-state index in [4.69, 9.17) is 0 Å². The molecule has 0 aliphatic heterocycles. The highest BCUT2D eigenvalue weighted by Crippen LogP contribution is 2.29. The van der Waals surface area contributed by atoms with Crippen LogP contribution in [0.5, 0.6) is 0 Å². The predicted molar refractivity (Wildman–Crippen MR) is 117 cm³/mol. The van der Waals surface area contributed by atoms with Crippen molar-refractivity contribution in [2.45, 2.75) is 26.7 Å². The molecule has 0 fully saturated rings. The van der Waals surface area contributed by atoms with Crippen molar-refractivity contribution in [3.63, 3.8) is 0 Å². The third-order valence-electron chi connectivity index (χ3n) is 4.15. The zero-order chi connectivity index (χ0) is 18.8. The Balaban J connectivity index is 2.20. The summed E-state index contributed by atoms with van der Waals surface area (Å²) in [7, 11) is 0. The fourth-order valence-corrected chi connectivity index (χ4v) is 2.69. The molecule has 0 heterocycles. The summed E-state index contributed by atoms with van der Waals surface area (Å²) in [6.07, 6.45) is 10.6. The Labute approximate surface area is 158 Å². The molecule has 0 aromatic heterocycles. The van der Waals surface area contributed by atoms with Gasteiger partial charge in [-0.2, -0.15) is 0 Å². The van der Waals surface area contributed by atoms with Gasteiger partial charge < -0.3 is 0 Å². The third kappa shape index (κ3) is 6.22. The van der Waals surface area contributed by atoms with Gasteiger partial charge in [0, 0.05) is 0 Å². The molecule has 0 nitrogen and oxygen atoms in total. The molecule has 2 aromatic carbocycles. The fourth-order valence-electron chi connectivity index (χ4n) is 2.69. The summed E-state index contributed by atoms with van der Waals surface area (Å²) in [4.78, 5) is 0. The minimum absolute atomic E-state index is 0.982. The van der Waals surface area contributed by atoms with Crippen LogP contribution in [0.4, 0.5) is 0 Å². The summed E-state index contributed by atoms with van der Waals surface area (Å²) in [5, 5.41) is 0. The first-order valence-corrected chi connectivity index (χ1v) is 9.07. The van der Waals surface area contributed by atoms with Crippen LogP contribution < -0.4 is 0 Å². The monoisotopic (exact) mass is 340 g/mol. The maximum Gasteiger partial charge on any atom is -0.0111 e. The first-order valence-electron chi connectivity index (χ1n) is 9.07. The Bertz CT molecular complexity index is 811. The van der Waals surface area contributed by atoms with Crippen molar-refractivity contribution in [3.8, 4) is 0 Å². The molecule has 26 heavy (non-hydrogen) atoms. The molecule has 0 aliphatic carbocycles. The van der Waals surface area contributed by atoms with Crippen LogP contribution in [0.2, 0.25) is 0 Å². The Morgan fingerprint density at radius 1 is 0.846 bits per heavy atom. The molecule has 0 amide bonds. The number of benzene rings is 2.